The van der Waals surface area contributed by atoms with Crippen molar-refractivity contribution in [2.75, 3.05) is 6.61 Å². The molecule has 1 atom stereocenters. The van der Waals surface area contributed by atoms with Crippen LogP contribution in [-0.4, -0.2) is 34.7 Å². The van der Waals surface area contributed by atoms with E-state index < -0.39 is 18.7 Å². The molecule has 0 spiro atoms. The minimum atomic E-state index is -1.16. The van der Waals surface area contributed by atoms with Gasteiger partial charge >= 0.3 is 5.97 Å². The summed E-state index contributed by atoms with van der Waals surface area (Å²) in [5.41, 5.74) is 2.56. The molecule has 0 aliphatic heterocycles. The third kappa shape index (κ3) is 6.73. The summed E-state index contributed by atoms with van der Waals surface area (Å²) in [5.74, 6) is -1.03. The largest absolute Gasteiger partial charge is 0.506 e. The third-order valence-corrected chi connectivity index (χ3v) is 7.61. The van der Waals surface area contributed by atoms with E-state index in [2.05, 4.69) is 53.7 Å². The molecule has 198 valence electrons. The number of carbonyl (C=O) groups excluding carboxylic acids is 1. The summed E-state index contributed by atoms with van der Waals surface area (Å²) >= 11 is 6.20. The monoisotopic (exact) mass is 518 g/mol. The summed E-state index contributed by atoms with van der Waals surface area (Å²) in [4.78, 5) is 24.0. The van der Waals surface area contributed by atoms with Crippen LogP contribution in [0.2, 0.25) is 5.02 Å². The first kappa shape index (κ1) is 29.5. The molecular formula is C29H39ClO6. The number of aliphatic carboxylic acids is 1. The molecule has 0 saturated heterocycles. The fourth-order valence-corrected chi connectivity index (χ4v) is 4.02. The first-order valence-electron chi connectivity index (χ1n) is 12.4. The standard InChI is InChI=1S/C29H39ClO6/c1-9-28(5,6)19-11-12-23(21(14-19)29(7,8)10-2)36-17(3)13-22(31)20-15-24(35-16-25(32)33)18(4)26(30)27(20)34/h11-12,14-15,17,34H,9-10,13,16H2,1-8H3,(H,32,33). The van der Waals surface area contributed by atoms with Crippen LogP contribution in [0.1, 0.15) is 94.8 Å². The molecule has 0 bridgehead atoms. The molecule has 0 aliphatic rings. The third-order valence-electron chi connectivity index (χ3n) is 7.15. The number of hydrogen-bond acceptors (Lipinski definition) is 5. The summed E-state index contributed by atoms with van der Waals surface area (Å²) in [5, 5.41) is 19.4. The van der Waals surface area contributed by atoms with Crippen molar-refractivity contribution in [3.8, 4) is 17.2 Å². The predicted molar refractivity (Wildman–Crippen MR) is 143 cm³/mol. The maximum atomic E-state index is 13.1. The normalized spacial score (nSPS) is 12.8. The van der Waals surface area contributed by atoms with Crippen molar-refractivity contribution >= 4 is 23.4 Å². The molecule has 6 nitrogen and oxygen atoms in total. The Morgan fingerprint density at radius 3 is 2.19 bits per heavy atom. The highest BCUT2D eigenvalue weighted by molar-refractivity contribution is 6.33. The SMILES string of the molecule is CCC(C)(C)c1ccc(OC(C)CC(=O)c2cc(OCC(=O)O)c(C)c(Cl)c2O)c(C(C)(C)CC)c1. The zero-order valence-electron chi connectivity index (χ0n) is 22.6. The van der Waals surface area contributed by atoms with Crippen molar-refractivity contribution < 1.29 is 29.3 Å². The van der Waals surface area contributed by atoms with E-state index in [4.69, 9.17) is 26.2 Å². The topological polar surface area (TPSA) is 93.1 Å². The van der Waals surface area contributed by atoms with Gasteiger partial charge in [0.05, 0.1) is 10.6 Å². The number of phenolic OH excluding ortho intramolecular Hbond substituents is 1. The lowest BCUT2D eigenvalue weighted by molar-refractivity contribution is -0.139. The molecule has 0 aromatic heterocycles. The first-order valence-corrected chi connectivity index (χ1v) is 12.7. The second-order valence-electron chi connectivity index (χ2n) is 10.6. The Morgan fingerprint density at radius 2 is 1.64 bits per heavy atom. The number of carbonyl (C=O) groups is 2. The molecule has 2 aromatic carbocycles. The fraction of sp³-hybridized carbons (Fsp3) is 0.517. The van der Waals surface area contributed by atoms with Gasteiger partial charge in [0.15, 0.2) is 12.4 Å². The second kappa shape index (κ2) is 11.5. The second-order valence-corrected chi connectivity index (χ2v) is 11.0. The van der Waals surface area contributed by atoms with Crippen LogP contribution in [0.15, 0.2) is 24.3 Å². The minimum absolute atomic E-state index is 0.0144. The van der Waals surface area contributed by atoms with Gasteiger partial charge in [0.25, 0.3) is 0 Å². The number of Topliss-reactive ketones (excluding diaryl/α,β-unsaturated/α-hetero) is 1. The van der Waals surface area contributed by atoms with E-state index in [1.165, 1.54) is 11.6 Å². The van der Waals surface area contributed by atoms with Crippen LogP contribution >= 0.6 is 11.6 Å². The fourth-order valence-electron chi connectivity index (χ4n) is 3.82. The van der Waals surface area contributed by atoms with Crippen LogP contribution < -0.4 is 9.47 Å². The number of carboxylic acid groups (broad SMARTS) is 1. The molecule has 1 unspecified atom stereocenters. The molecule has 2 aromatic rings. The minimum Gasteiger partial charge on any atom is -0.506 e. The van der Waals surface area contributed by atoms with Gasteiger partial charge < -0.3 is 19.7 Å². The zero-order valence-corrected chi connectivity index (χ0v) is 23.4. The predicted octanol–water partition coefficient (Wildman–Crippen LogP) is 7.23. The van der Waals surface area contributed by atoms with Gasteiger partial charge in [0.1, 0.15) is 23.4 Å². The molecule has 7 heteroatoms. The van der Waals surface area contributed by atoms with E-state index in [9.17, 15) is 14.7 Å². The van der Waals surface area contributed by atoms with Gasteiger partial charge in [-0.25, -0.2) is 4.79 Å². The van der Waals surface area contributed by atoms with E-state index in [0.29, 0.717) is 5.56 Å². The van der Waals surface area contributed by atoms with E-state index in [0.717, 1.165) is 24.2 Å². The number of halogens is 1. The van der Waals surface area contributed by atoms with Crippen molar-refractivity contribution in [3.05, 3.63) is 51.5 Å². The average molecular weight is 519 g/mol. The van der Waals surface area contributed by atoms with Crippen molar-refractivity contribution in [2.45, 2.75) is 91.6 Å². The first-order chi connectivity index (χ1) is 16.6. The Morgan fingerprint density at radius 1 is 1.03 bits per heavy atom. The van der Waals surface area contributed by atoms with Gasteiger partial charge in [-0.1, -0.05) is 65.3 Å². The molecule has 36 heavy (non-hydrogen) atoms. The molecule has 0 radical (unpaired) electrons. The summed E-state index contributed by atoms with van der Waals surface area (Å²) in [7, 11) is 0. The smallest absolute Gasteiger partial charge is 0.341 e. The highest BCUT2D eigenvalue weighted by Crippen LogP contribution is 2.40. The van der Waals surface area contributed by atoms with Crippen LogP contribution in [0, 0.1) is 6.92 Å². The van der Waals surface area contributed by atoms with E-state index in [-0.39, 0.29) is 45.1 Å². The van der Waals surface area contributed by atoms with Gasteiger partial charge in [-0.3, -0.25) is 4.79 Å². The number of rotatable bonds is 12. The Kier molecular flexibility index (Phi) is 9.46. The van der Waals surface area contributed by atoms with E-state index in [1.54, 1.807) is 13.8 Å². The lowest BCUT2D eigenvalue weighted by atomic mass is 9.76. The quantitative estimate of drug-likeness (QED) is 0.288. The van der Waals surface area contributed by atoms with Crippen molar-refractivity contribution in [1.82, 2.24) is 0 Å². The number of phenols is 1. The number of ether oxygens (including phenoxy) is 2. The van der Waals surface area contributed by atoms with Crippen LogP contribution in [0.4, 0.5) is 0 Å². The van der Waals surface area contributed by atoms with Crippen LogP contribution in [0.25, 0.3) is 0 Å². The molecule has 0 saturated carbocycles. The molecule has 0 fully saturated rings. The number of hydrogen-bond donors (Lipinski definition) is 2. The van der Waals surface area contributed by atoms with Crippen molar-refractivity contribution in [3.63, 3.8) is 0 Å². The van der Waals surface area contributed by atoms with Gasteiger partial charge in [0, 0.05) is 17.5 Å². The van der Waals surface area contributed by atoms with Crippen LogP contribution in [0.3, 0.4) is 0 Å². The summed E-state index contributed by atoms with van der Waals surface area (Å²) < 4.78 is 11.5. The van der Waals surface area contributed by atoms with Crippen molar-refractivity contribution in [2.24, 2.45) is 0 Å². The Hall–Kier alpha value is -2.73. The zero-order chi connectivity index (χ0) is 27.4. The van der Waals surface area contributed by atoms with E-state index >= 15 is 0 Å². The number of benzene rings is 2. The maximum absolute atomic E-state index is 13.1. The summed E-state index contributed by atoms with van der Waals surface area (Å²) in [6, 6.07) is 7.62. The van der Waals surface area contributed by atoms with E-state index in [1.807, 2.05) is 6.07 Å². The summed E-state index contributed by atoms with van der Waals surface area (Å²) in [6.07, 6.45) is 1.42. The van der Waals surface area contributed by atoms with Crippen LogP contribution in [-0.2, 0) is 15.6 Å². The highest BCUT2D eigenvalue weighted by atomic mass is 35.5. The molecule has 0 heterocycles. The number of ketones is 1. The molecule has 2 N–H and O–H groups in total. The number of carboxylic acids is 1. The molecule has 0 amide bonds. The lowest BCUT2D eigenvalue weighted by Crippen LogP contribution is -2.24. The Labute approximate surface area is 219 Å². The van der Waals surface area contributed by atoms with Gasteiger partial charge in [-0.2, -0.15) is 0 Å². The van der Waals surface area contributed by atoms with Crippen molar-refractivity contribution in [1.29, 1.82) is 0 Å². The molecule has 2 rings (SSSR count). The molecular weight excluding hydrogens is 480 g/mol. The summed E-state index contributed by atoms with van der Waals surface area (Å²) in [6.45, 7) is 15.9. The average Bonchev–Trinajstić information content (AvgIpc) is 2.81. The molecule has 0 aliphatic carbocycles. The maximum Gasteiger partial charge on any atom is 0.341 e. The Balaban J connectivity index is 2.34. The number of aromatic hydroxyl groups is 1. The van der Waals surface area contributed by atoms with Gasteiger partial charge in [-0.05, 0) is 55.2 Å². The lowest BCUT2D eigenvalue weighted by Gasteiger charge is -2.31. The highest BCUT2D eigenvalue weighted by Gasteiger charge is 2.28. The Bertz CT molecular complexity index is 1120. The van der Waals surface area contributed by atoms with Gasteiger partial charge in [0.2, 0.25) is 0 Å². The van der Waals surface area contributed by atoms with Crippen LogP contribution in [0.5, 0.6) is 17.2 Å². The van der Waals surface area contributed by atoms with Gasteiger partial charge in [-0.15, -0.1) is 0 Å².